The van der Waals surface area contributed by atoms with Gasteiger partial charge in [0.2, 0.25) is 0 Å². The summed E-state index contributed by atoms with van der Waals surface area (Å²) in [6, 6.07) is 7.50. The maximum Gasteiger partial charge on any atom is 0.145 e. The van der Waals surface area contributed by atoms with Crippen LogP contribution in [0.2, 0.25) is 0 Å². The van der Waals surface area contributed by atoms with Crippen molar-refractivity contribution < 1.29 is 9.00 Å². The molecule has 15 heavy (non-hydrogen) atoms. The Kier molecular flexibility index (Phi) is 4.69. The molecule has 0 amide bonds. The fourth-order valence-corrected chi connectivity index (χ4v) is 2.64. The topological polar surface area (TPSA) is 34.1 Å². The molecule has 1 aromatic carbocycles. The molecule has 0 aliphatic heterocycles. The van der Waals surface area contributed by atoms with Crippen LogP contribution >= 0.6 is 0 Å². The zero-order valence-corrected chi connectivity index (χ0v) is 9.97. The predicted molar refractivity (Wildman–Crippen MR) is 62.4 cm³/mol. The van der Waals surface area contributed by atoms with Crippen LogP contribution in [0.25, 0.3) is 0 Å². The summed E-state index contributed by atoms with van der Waals surface area (Å²) in [4.78, 5) is 12.1. The van der Waals surface area contributed by atoms with E-state index in [-0.39, 0.29) is 11.5 Å². The van der Waals surface area contributed by atoms with E-state index in [0.29, 0.717) is 6.42 Å². The zero-order valence-electron chi connectivity index (χ0n) is 9.16. The van der Waals surface area contributed by atoms with Crippen molar-refractivity contribution in [3.63, 3.8) is 0 Å². The van der Waals surface area contributed by atoms with E-state index in [1.807, 2.05) is 38.1 Å². The van der Waals surface area contributed by atoms with Gasteiger partial charge >= 0.3 is 0 Å². The van der Waals surface area contributed by atoms with E-state index in [9.17, 15) is 9.00 Å². The van der Waals surface area contributed by atoms with Crippen molar-refractivity contribution in [3.05, 3.63) is 29.8 Å². The van der Waals surface area contributed by atoms with E-state index in [1.54, 1.807) is 0 Å². The Labute approximate surface area is 93.2 Å². The molecule has 82 valence electrons. The van der Waals surface area contributed by atoms with Gasteiger partial charge in [-0.25, -0.2) is 0 Å². The molecule has 0 aliphatic rings. The molecular formula is C12H16O2S. The lowest BCUT2D eigenvalue weighted by atomic mass is 10.2. The number of carbonyl (C=O) groups excluding carboxylic acids is 1. The minimum atomic E-state index is -1.18. The van der Waals surface area contributed by atoms with Crippen LogP contribution in [0.1, 0.15) is 25.3 Å². The molecule has 0 N–H and O–H groups in total. The van der Waals surface area contributed by atoms with Gasteiger partial charge in [-0.2, -0.15) is 0 Å². The Morgan fingerprint density at radius 3 is 2.60 bits per heavy atom. The summed E-state index contributed by atoms with van der Waals surface area (Å²) in [5.41, 5.74) is 0.986. The smallest absolute Gasteiger partial charge is 0.145 e. The standard InChI is InChI=1S/C12H16O2S/c1-3-6-11(13)9-15(14)12-8-5-4-7-10(12)2/h4-5,7-8H,3,6,9H2,1-2H3. The van der Waals surface area contributed by atoms with E-state index < -0.39 is 10.8 Å². The molecule has 0 heterocycles. The normalized spacial score (nSPS) is 12.4. The molecule has 1 aromatic rings. The van der Waals surface area contributed by atoms with Crippen molar-refractivity contribution in [2.75, 3.05) is 5.75 Å². The van der Waals surface area contributed by atoms with Gasteiger partial charge in [-0.15, -0.1) is 0 Å². The lowest BCUT2D eigenvalue weighted by Gasteiger charge is -2.04. The maximum absolute atomic E-state index is 11.8. The minimum Gasteiger partial charge on any atom is -0.299 e. The van der Waals surface area contributed by atoms with E-state index >= 15 is 0 Å². The van der Waals surface area contributed by atoms with Gasteiger partial charge in [0.15, 0.2) is 0 Å². The number of ketones is 1. The van der Waals surface area contributed by atoms with E-state index in [4.69, 9.17) is 0 Å². The van der Waals surface area contributed by atoms with E-state index in [1.165, 1.54) is 0 Å². The summed E-state index contributed by atoms with van der Waals surface area (Å²) in [7, 11) is -1.18. The first-order valence-electron chi connectivity index (χ1n) is 5.11. The van der Waals surface area contributed by atoms with Gasteiger partial charge in [0, 0.05) is 11.3 Å². The number of carbonyl (C=O) groups is 1. The monoisotopic (exact) mass is 224 g/mol. The van der Waals surface area contributed by atoms with Crippen molar-refractivity contribution in [1.82, 2.24) is 0 Å². The summed E-state index contributed by atoms with van der Waals surface area (Å²) in [6.07, 6.45) is 1.35. The highest BCUT2D eigenvalue weighted by atomic mass is 32.2. The highest BCUT2D eigenvalue weighted by molar-refractivity contribution is 7.85. The summed E-state index contributed by atoms with van der Waals surface area (Å²) in [6.45, 7) is 3.87. The number of hydrogen-bond donors (Lipinski definition) is 0. The van der Waals surface area contributed by atoms with Gasteiger partial charge in [0.1, 0.15) is 5.78 Å². The van der Waals surface area contributed by atoms with Gasteiger partial charge in [0.25, 0.3) is 0 Å². The Bertz CT molecular complexity index is 372. The second-order valence-corrected chi connectivity index (χ2v) is 4.96. The minimum absolute atomic E-state index is 0.0825. The quantitative estimate of drug-likeness (QED) is 0.770. The Morgan fingerprint density at radius 2 is 2.00 bits per heavy atom. The third kappa shape index (κ3) is 3.59. The molecule has 0 saturated carbocycles. The maximum atomic E-state index is 11.8. The molecule has 0 aromatic heterocycles. The molecule has 0 bridgehead atoms. The highest BCUT2D eigenvalue weighted by Gasteiger charge is 2.10. The molecule has 1 unspecified atom stereocenters. The zero-order chi connectivity index (χ0) is 11.3. The lowest BCUT2D eigenvalue weighted by molar-refractivity contribution is -0.116. The highest BCUT2D eigenvalue weighted by Crippen LogP contribution is 2.12. The van der Waals surface area contributed by atoms with Crippen molar-refractivity contribution in [2.45, 2.75) is 31.6 Å². The van der Waals surface area contributed by atoms with Crippen molar-refractivity contribution in [1.29, 1.82) is 0 Å². The average Bonchev–Trinajstić information content (AvgIpc) is 2.18. The van der Waals surface area contributed by atoms with Crippen LogP contribution in [0.15, 0.2) is 29.2 Å². The third-order valence-corrected chi connectivity index (χ3v) is 3.69. The molecule has 0 radical (unpaired) electrons. The van der Waals surface area contributed by atoms with Crippen molar-refractivity contribution >= 4 is 16.6 Å². The van der Waals surface area contributed by atoms with Gasteiger partial charge in [-0.05, 0) is 25.0 Å². The number of hydrogen-bond acceptors (Lipinski definition) is 2. The Hall–Kier alpha value is -0.960. The molecular weight excluding hydrogens is 208 g/mol. The Balaban J connectivity index is 2.70. The van der Waals surface area contributed by atoms with Crippen LogP contribution in [0.5, 0.6) is 0 Å². The van der Waals surface area contributed by atoms with Gasteiger partial charge < -0.3 is 0 Å². The number of aryl methyl sites for hydroxylation is 1. The van der Waals surface area contributed by atoms with Gasteiger partial charge in [-0.1, -0.05) is 25.1 Å². The fraction of sp³-hybridized carbons (Fsp3) is 0.417. The van der Waals surface area contributed by atoms with Gasteiger partial charge in [-0.3, -0.25) is 9.00 Å². The first-order valence-corrected chi connectivity index (χ1v) is 6.42. The molecule has 3 heteroatoms. The Morgan fingerprint density at radius 1 is 1.33 bits per heavy atom. The molecule has 0 spiro atoms. The number of rotatable bonds is 5. The molecule has 1 rings (SSSR count). The molecule has 2 nitrogen and oxygen atoms in total. The third-order valence-electron chi connectivity index (χ3n) is 2.16. The van der Waals surface area contributed by atoms with E-state index in [2.05, 4.69) is 0 Å². The van der Waals surface area contributed by atoms with Crippen LogP contribution in [0.4, 0.5) is 0 Å². The van der Waals surface area contributed by atoms with Crippen LogP contribution in [0.3, 0.4) is 0 Å². The van der Waals surface area contributed by atoms with Crippen LogP contribution in [-0.2, 0) is 15.6 Å². The first kappa shape index (κ1) is 12.1. The summed E-state index contributed by atoms with van der Waals surface area (Å²) < 4.78 is 11.8. The average molecular weight is 224 g/mol. The fourth-order valence-electron chi connectivity index (χ4n) is 1.39. The number of benzene rings is 1. The summed E-state index contributed by atoms with van der Waals surface area (Å²) in [5, 5.41) is 0. The summed E-state index contributed by atoms with van der Waals surface area (Å²) in [5.74, 6) is 0.234. The molecule has 0 saturated heterocycles. The van der Waals surface area contributed by atoms with Crippen molar-refractivity contribution in [3.8, 4) is 0 Å². The van der Waals surface area contributed by atoms with Crippen molar-refractivity contribution in [2.24, 2.45) is 0 Å². The SMILES string of the molecule is CCCC(=O)CS(=O)c1ccccc1C. The second kappa shape index (κ2) is 5.81. The largest absolute Gasteiger partial charge is 0.299 e. The van der Waals surface area contributed by atoms with Gasteiger partial charge in [0.05, 0.1) is 16.6 Å². The van der Waals surface area contributed by atoms with E-state index in [0.717, 1.165) is 16.9 Å². The second-order valence-electron chi connectivity index (χ2n) is 3.54. The first-order chi connectivity index (χ1) is 7.15. The summed E-state index contributed by atoms with van der Waals surface area (Å²) >= 11 is 0. The predicted octanol–water partition coefficient (Wildman–Crippen LogP) is 2.47. The molecule has 1 atom stereocenters. The van der Waals surface area contributed by atoms with Crippen LogP contribution in [0, 0.1) is 6.92 Å². The number of Topliss-reactive ketones (excluding diaryl/α,β-unsaturated/α-hetero) is 1. The van der Waals surface area contributed by atoms with Crippen LogP contribution < -0.4 is 0 Å². The molecule has 0 aliphatic carbocycles. The molecule has 0 fully saturated rings. The van der Waals surface area contributed by atoms with Crippen LogP contribution in [-0.4, -0.2) is 15.7 Å². The lowest BCUT2D eigenvalue weighted by Crippen LogP contribution is -2.10.